The summed E-state index contributed by atoms with van der Waals surface area (Å²) in [6.07, 6.45) is -7.52. The molecule has 0 spiro atoms. The van der Waals surface area contributed by atoms with Crippen molar-refractivity contribution < 1.29 is 47.4 Å². The molecule has 1 aliphatic rings. The van der Waals surface area contributed by atoms with Crippen LogP contribution in [0.2, 0.25) is 0 Å². The van der Waals surface area contributed by atoms with Crippen LogP contribution >= 0.6 is 0 Å². The summed E-state index contributed by atoms with van der Waals surface area (Å²) in [6, 6.07) is 0. The van der Waals surface area contributed by atoms with Crippen molar-refractivity contribution in [2.45, 2.75) is 50.0 Å². The number of unbranched alkanes of at least 4 members (excludes halogenated alkanes) is 1. The average molecular weight is 359 g/mol. The zero-order chi connectivity index (χ0) is 17.6. The van der Waals surface area contributed by atoms with Gasteiger partial charge in [-0.15, -0.1) is 0 Å². The van der Waals surface area contributed by atoms with Gasteiger partial charge in [0.15, 0.2) is 0 Å². The number of nitrogens with two attached hydrogens (primary N) is 1. The molecule has 1 aliphatic heterocycles. The summed E-state index contributed by atoms with van der Waals surface area (Å²) in [7, 11) is -3.81. The third-order valence-electron chi connectivity index (χ3n) is 3.27. The van der Waals surface area contributed by atoms with Gasteiger partial charge in [0.2, 0.25) is 6.29 Å². The van der Waals surface area contributed by atoms with Gasteiger partial charge in [-0.25, -0.2) is 0 Å². The summed E-state index contributed by atoms with van der Waals surface area (Å²) in [4.78, 5) is 11.6. The molecule has 136 valence electrons. The molecular formula is C11H21NO10S. The number of esters is 1. The van der Waals surface area contributed by atoms with Crippen LogP contribution < -0.4 is 5.90 Å². The Balaban J connectivity index is 2.41. The lowest BCUT2D eigenvalue weighted by molar-refractivity contribution is -0.292. The minimum atomic E-state index is -3.81. The lowest BCUT2D eigenvalue weighted by Gasteiger charge is -2.39. The topological polar surface area (TPSA) is 186 Å². The van der Waals surface area contributed by atoms with E-state index in [1.54, 1.807) is 0 Å². The molecule has 0 saturated carbocycles. The van der Waals surface area contributed by atoms with Crippen LogP contribution in [0.15, 0.2) is 0 Å². The second-order valence-corrected chi connectivity index (χ2v) is 6.72. The number of hydrogen-bond acceptors (Lipinski definition) is 11. The summed E-state index contributed by atoms with van der Waals surface area (Å²) >= 11 is 0. The van der Waals surface area contributed by atoms with E-state index in [9.17, 15) is 28.5 Å². The van der Waals surface area contributed by atoms with Gasteiger partial charge in [0.25, 0.3) is 10.1 Å². The van der Waals surface area contributed by atoms with Crippen LogP contribution in [0.3, 0.4) is 0 Å². The molecule has 1 fully saturated rings. The molecule has 1 saturated heterocycles. The van der Waals surface area contributed by atoms with Crippen LogP contribution in [0.25, 0.3) is 0 Å². The molecule has 23 heavy (non-hydrogen) atoms. The molecule has 11 nitrogen and oxygen atoms in total. The molecule has 0 aromatic rings. The Labute approximate surface area is 132 Å². The van der Waals surface area contributed by atoms with Crippen molar-refractivity contribution in [3.63, 3.8) is 0 Å². The normalized spacial score (nSPS) is 31.8. The first-order valence-electron chi connectivity index (χ1n) is 6.83. The van der Waals surface area contributed by atoms with Gasteiger partial charge in [-0.3, -0.25) is 4.79 Å². The first kappa shape index (κ1) is 20.2. The fourth-order valence-corrected chi connectivity index (χ4v) is 2.60. The van der Waals surface area contributed by atoms with E-state index >= 15 is 0 Å². The van der Waals surface area contributed by atoms with E-state index in [0.717, 1.165) is 0 Å². The summed E-state index contributed by atoms with van der Waals surface area (Å²) in [5.74, 6) is 3.38. The quantitative estimate of drug-likeness (QED) is 0.166. The Kier molecular flexibility index (Phi) is 7.76. The minimum absolute atomic E-state index is 0.101. The molecular weight excluding hydrogens is 338 g/mol. The fourth-order valence-electron chi connectivity index (χ4n) is 1.95. The molecule has 5 atom stereocenters. The fraction of sp³-hybridized carbons (Fsp3) is 0.909. The van der Waals surface area contributed by atoms with Gasteiger partial charge < -0.3 is 29.9 Å². The Morgan fingerprint density at radius 3 is 2.35 bits per heavy atom. The maximum Gasteiger partial charge on any atom is 0.308 e. The SMILES string of the molecule is NOS(=O)(=O)CCCCC(=O)OC1O[C@H](CO)[C@@H](O)[C@H](O)[C@H]1O. The molecule has 1 unspecified atom stereocenters. The first-order valence-corrected chi connectivity index (χ1v) is 8.40. The van der Waals surface area contributed by atoms with Gasteiger partial charge in [-0.1, -0.05) is 0 Å². The van der Waals surface area contributed by atoms with Gasteiger partial charge >= 0.3 is 5.97 Å². The smallest absolute Gasteiger partial charge is 0.308 e. The van der Waals surface area contributed by atoms with Crippen molar-refractivity contribution in [2.75, 3.05) is 12.4 Å². The lowest BCUT2D eigenvalue weighted by Crippen LogP contribution is -2.59. The van der Waals surface area contributed by atoms with Gasteiger partial charge in [0.1, 0.15) is 24.4 Å². The largest absolute Gasteiger partial charge is 0.433 e. The van der Waals surface area contributed by atoms with Gasteiger partial charge in [-0.05, 0) is 12.8 Å². The van der Waals surface area contributed by atoms with Crippen LogP contribution in [0.4, 0.5) is 0 Å². The van der Waals surface area contributed by atoms with Crippen molar-refractivity contribution in [3.8, 4) is 0 Å². The van der Waals surface area contributed by atoms with Crippen molar-refractivity contribution in [1.82, 2.24) is 0 Å². The van der Waals surface area contributed by atoms with Crippen molar-refractivity contribution in [3.05, 3.63) is 0 Å². The molecule has 12 heteroatoms. The third-order valence-corrected chi connectivity index (χ3v) is 4.35. The molecule has 0 amide bonds. The molecule has 0 bridgehead atoms. The zero-order valence-electron chi connectivity index (χ0n) is 12.1. The maximum atomic E-state index is 11.6. The molecule has 6 N–H and O–H groups in total. The highest BCUT2D eigenvalue weighted by Crippen LogP contribution is 2.22. The number of aliphatic hydroxyl groups excluding tert-OH is 4. The number of aliphatic hydroxyl groups is 4. The third kappa shape index (κ3) is 5.93. The van der Waals surface area contributed by atoms with E-state index in [1.807, 2.05) is 0 Å². The predicted octanol–water partition coefficient (Wildman–Crippen LogP) is -3.28. The summed E-state index contributed by atoms with van der Waals surface area (Å²) < 4.78 is 35.5. The molecule has 1 heterocycles. The summed E-state index contributed by atoms with van der Waals surface area (Å²) in [5, 5.41) is 37.8. The van der Waals surface area contributed by atoms with Gasteiger partial charge in [-0.2, -0.15) is 18.6 Å². The van der Waals surface area contributed by atoms with E-state index in [2.05, 4.69) is 10.2 Å². The van der Waals surface area contributed by atoms with E-state index in [0.29, 0.717) is 0 Å². The molecule has 1 rings (SSSR count). The molecule has 0 aromatic heterocycles. The van der Waals surface area contributed by atoms with E-state index < -0.39 is 53.4 Å². The number of rotatable bonds is 8. The monoisotopic (exact) mass is 359 g/mol. The second-order valence-electron chi connectivity index (χ2n) is 5.00. The second kappa shape index (κ2) is 8.84. The highest BCUT2D eigenvalue weighted by Gasteiger charge is 2.45. The van der Waals surface area contributed by atoms with Gasteiger partial charge in [0.05, 0.1) is 12.4 Å². The van der Waals surface area contributed by atoms with Crippen molar-refractivity contribution in [2.24, 2.45) is 5.90 Å². The predicted molar refractivity (Wildman–Crippen MR) is 72.8 cm³/mol. The maximum absolute atomic E-state index is 11.6. The standard InChI is InChI=1S/C11H21NO10S/c12-22-23(18,19)4-2-1-3-7(14)21-11-10(17)9(16)8(15)6(5-13)20-11/h6,8-11,13,15-17H,1-5,12H2/t6-,8-,9+,10-,11?/m1/s1. The summed E-state index contributed by atoms with van der Waals surface area (Å²) in [5.41, 5.74) is 0. The Morgan fingerprint density at radius 2 is 1.78 bits per heavy atom. The molecule has 0 aliphatic carbocycles. The Bertz CT molecular complexity index is 481. The van der Waals surface area contributed by atoms with Gasteiger partial charge in [0, 0.05) is 6.42 Å². The van der Waals surface area contributed by atoms with Crippen LogP contribution in [0.1, 0.15) is 19.3 Å². The minimum Gasteiger partial charge on any atom is -0.433 e. The number of hydrogen-bond donors (Lipinski definition) is 5. The number of ether oxygens (including phenoxy) is 2. The average Bonchev–Trinajstić information content (AvgIpc) is 2.52. The van der Waals surface area contributed by atoms with Crippen molar-refractivity contribution in [1.29, 1.82) is 0 Å². The zero-order valence-corrected chi connectivity index (χ0v) is 13.0. The Hall–Kier alpha value is -0.860. The van der Waals surface area contributed by atoms with Crippen molar-refractivity contribution >= 4 is 16.1 Å². The molecule has 0 aromatic carbocycles. The number of carbonyl (C=O) groups excluding carboxylic acids is 1. The van der Waals surface area contributed by atoms with Crippen LogP contribution in [0, 0.1) is 0 Å². The summed E-state index contributed by atoms with van der Waals surface area (Å²) in [6.45, 7) is -0.643. The first-order chi connectivity index (χ1) is 10.7. The Morgan fingerprint density at radius 1 is 1.13 bits per heavy atom. The highest BCUT2D eigenvalue weighted by molar-refractivity contribution is 7.86. The highest BCUT2D eigenvalue weighted by atomic mass is 32.2. The van der Waals surface area contributed by atoms with Crippen LogP contribution in [-0.4, -0.2) is 77.9 Å². The van der Waals surface area contributed by atoms with E-state index in [4.69, 9.17) is 14.6 Å². The van der Waals surface area contributed by atoms with E-state index in [-0.39, 0.29) is 25.0 Å². The van der Waals surface area contributed by atoms with Crippen LogP contribution in [0.5, 0.6) is 0 Å². The molecule has 0 radical (unpaired) electrons. The number of carbonyl (C=O) groups is 1. The lowest BCUT2D eigenvalue weighted by atomic mass is 9.99. The van der Waals surface area contributed by atoms with Crippen LogP contribution in [-0.2, 0) is 28.7 Å². The van der Waals surface area contributed by atoms with E-state index in [1.165, 1.54) is 0 Å².